The summed E-state index contributed by atoms with van der Waals surface area (Å²) >= 11 is 3.42. The van der Waals surface area contributed by atoms with Gasteiger partial charge in [0, 0.05) is 24.8 Å². The maximum atomic E-state index is 4.40. The van der Waals surface area contributed by atoms with Crippen LogP contribution in [0.3, 0.4) is 0 Å². The van der Waals surface area contributed by atoms with E-state index in [1.165, 1.54) is 0 Å². The number of para-hydroxylation sites is 2. The van der Waals surface area contributed by atoms with Crippen LogP contribution in [0.1, 0.15) is 5.56 Å². The number of pyridine rings is 1. The van der Waals surface area contributed by atoms with Gasteiger partial charge in [-0.05, 0) is 46.6 Å². The highest BCUT2D eigenvalue weighted by Gasteiger charge is 2.06. The Bertz CT molecular complexity index is 552. The van der Waals surface area contributed by atoms with Gasteiger partial charge in [0.2, 0.25) is 0 Å². The van der Waals surface area contributed by atoms with Gasteiger partial charge in [-0.1, -0.05) is 12.1 Å². The van der Waals surface area contributed by atoms with E-state index in [0.717, 1.165) is 27.2 Å². The molecule has 0 aliphatic carbocycles. The van der Waals surface area contributed by atoms with Crippen molar-refractivity contribution in [2.75, 3.05) is 24.3 Å². The average molecular weight is 306 g/mol. The first-order valence-electron chi connectivity index (χ1n) is 5.73. The summed E-state index contributed by atoms with van der Waals surface area (Å²) in [6.45, 7) is 2.04. The van der Waals surface area contributed by atoms with Gasteiger partial charge < -0.3 is 10.2 Å². The summed E-state index contributed by atoms with van der Waals surface area (Å²) in [4.78, 5) is 6.48. The normalized spacial score (nSPS) is 10.2. The van der Waals surface area contributed by atoms with E-state index < -0.39 is 0 Å². The number of aromatic nitrogens is 1. The number of anilines is 3. The molecule has 0 amide bonds. The molecule has 1 heterocycles. The highest BCUT2D eigenvalue weighted by atomic mass is 79.9. The maximum absolute atomic E-state index is 4.40. The molecule has 0 saturated heterocycles. The van der Waals surface area contributed by atoms with E-state index in [1.807, 2.05) is 39.2 Å². The molecule has 2 aromatic rings. The fraction of sp³-hybridized carbons (Fsp3) is 0.214. The summed E-state index contributed by atoms with van der Waals surface area (Å²) in [6, 6.07) is 10.2. The zero-order chi connectivity index (χ0) is 13.1. The molecule has 0 saturated carbocycles. The van der Waals surface area contributed by atoms with Crippen molar-refractivity contribution >= 4 is 33.1 Å². The second kappa shape index (κ2) is 5.40. The van der Waals surface area contributed by atoms with E-state index in [9.17, 15) is 0 Å². The van der Waals surface area contributed by atoms with Crippen LogP contribution in [-0.4, -0.2) is 19.1 Å². The van der Waals surface area contributed by atoms with Crippen molar-refractivity contribution in [2.45, 2.75) is 6.92 Å². The fourth-order valence-electron chi connectivity index (χ4n) is 1.77. The molecular formula is C14H16BrN3. The Labute approximate surface area is 116 Å². The first kappa shape index (κ1) is 12.9. The van der Waals surface area contributed by atoms with Gasteiger partial charge in [-0.3, -0.25) is 0 Å². The molecule has 0 spiro atoms. The van der Waals surface area contributed by atoms with Crippen molar-refractivity contribution in [3.63, 3.8) is 0 Å². The van der Waals surface area contributed by atoms with Gasteiger partial charge in [0.15, 0.2) is 0 Å². The Morgan fingerprint density at radius 2 is 1.94 bits per heavy atom. The number of benzene rings is 1. The first-order valence-corrected chi connectivity index (χ1v) is 6.53. The van der Waals surface area contributed by atoms with Crippen LogP contribution in [0.15, 0.2) is 41.0 Å². The molecule has 0 radical (unpaired) electrons. The van der Waals surface area contributed by atoms with Gasteiger partial charge in [0.05, 0.1) is 11.4 Å². The van der Waals surface area contributed by atoms with E-state index >= 15 is 0 Å². The third-order valence-electron chi connectivity index (χ3n) is 2.68. The van der Waals surface area contributed by atoms with Gasteiger partial charge >= 0.3 is 0 Å². The molecule has 0 unspecified atom stereocenters. The summed E-state index contributed by atoms with van der Waals surface area (Å²) in [5.74, 6) is 0.882. The van der Waals surface area contributed by atoms with Crippen molar-refractivity contribution in [2.24, 2.45) is 0 Å². The monoisotopic (exact) mass is 305 g/mol. The van der Waals surface area contributed by atoms with Gasteiger partial charge in [0.1, 0.15) is 5.82 Å². The Morgan fingerprint density at radius 3 is 2.61 bits per heavy atom. The van der Waals surface area contributed by atoms with Crippen LogP contribution in [0.4, 0.5) is 17.2 Å². The van der Waals surface area contributed by atoms with Gasteiger partial charge in [-0.15, -0.1) is 0 Å². The van der Waals surface area contributed by atoms with E-state index in [1.54, 1.807) is 6.20 Å². The second-order valence-corrected chi connectivity index (χ2v) is 5.27. The van der Waals surface area contributed by atoms with Crippen LogP contribution in [0, 0.1) is 6.92 Å². The molecule has 1 aromatic heterocycles. The van der Waals surface area contributed by atoms with Gasteiger partial charge in [-0.2, -0.15) is 0 Å². The molecule has 18 heavy (non-hydrogen) atoms. The van der Waals surface area contributed by atoms with Crippen molar-refractivity contribution < 1.29 is 0 Å². The third-order valence-corrected chi connectivity index (χ3v) is 3.12. The van der Waals surface area contributed by atoms with Crippen LogP contribution in [0.2, 0.25) is 0 Å². The number of aryl methyl sites for hydroxylation is 1. The lowest BCUT2D eigenvalue weighted by atomic mass is 10.2. The Hall–Kier alpha value is -1.55. The largest absolute Gasteiger partial charge is 0.376 e. The SMILES string of the molecule is Cc1cc(Br)cnc1Nc1ccccc1N(C)C. The van der Waals surface area contributed by atoms with Crippen molar-refractivity contribution in [3.05, 3.63) is 46.6 Å². The zero-order valence-corrected chi connectivity index (χ0v) is 12.3. The molecule has 2 rings (SSSR count). The lowest BCUT2D eigenvalue weighted by molar-refractivity contribution is 1.13. The zero-order valence-electron chi connectivity index (χ0n) is 10.7. The van der Waals surface area contributed by atoms with Gasteiger partial charge in [0.25, 0.3) is 0 Å². The molecule has 0 aliphatic heterocycles. The van der Waals surface area contributed by atoms with Crippen LogP contribution in [0.5, 0.6) is 0 Å². The number of hydrogen-bond donors (Lipinski definition) is 1. The lowest BCUT2D eigenvalue weighted by Crippen LogP contribution is -2.11. The predicted octanol–water partition coefficient (Wildman–Crippen LogP) is 3.96. The highest BCUT2D eigenvalue weighted by Crippen LogP contribution is 2.28. The minimum Gasteiger partial charge on any atom is -0.376 e. The molecule has 0 atom stereocenters. The van der Waals surface area contributed by atoms with Crippen LogP contribution >= 0.6 is 15.9 Å². The molecule has 4 heteroatoms. The minimum absolute atomic E-state index is 0.882. The minimum atomic E-state index is 0.882. The Balaban J connectivity index is 2.34. The Morgan fingerprint density at radius 1 is 1.22 bits per heavy atom. The summed E-state index contributed by atoms with van der Waals surface area (Å²) in [6.07, 6.45) is 1.80. The van der Waals surface area contributed by atoms with Crippen molar-refractivity contribution in [1.29, 1.82) is 0 Å². The van der Waals surface area contributed by atoms with Crippen LogP contribution < -0.4 is 10.2 Å². The molecule has 3 nitrogen and oxygen atoms in total. The molecule has 0 bridgehead atoms. The molecule has 0 aliphatic rings. The number of rotatable bonds is 3. The van der Waals surface area contributed by atoms with E-state index in [2.05, 4.69) is 43.3 Å². The number of nitrogens with one attached hydrogen (secondary N) is 1. The molecule has 1 N–H and O–H groups in total. The highest BCUT2D eigenvalue weighted by molar-refractivity contribution is 9.10. The maximum Gasteiger partial charge on any atom is 0.133 e. The lowest BCUT2D eigenvalue weighted by Gasteiger charge is -2.18. The average Bonchev–Trinajstić information content (AvgIpc) is 2.33. The summed E-state index contributed by atoms with van der Waals surface area (Å²) in [7, 11) is 4.06. The predicted molar refractivity (Wildman–Crippen MR) is 80.7 cm³/mol. The quantitative estimate of drug-likeness (QED) is 0.930. The molecule has 0 fully saturated rings. The second-order valence-electron chi connectivity index (χ2n) is 4.36. The summed E-state index contributed by atoms with van der Waals surface area (Å²) in [5.41, 5.74) is 3.31. The number of halogens is 1. The topological polar surface area (TPSA) is 28.2 Å². The Kier molecular flexibility index (Phi) is 3.87. The first-order chi connectivity index (χ1) is 8.58. The van der Waals surface area contributed by atoms with Crippen molar-refractivity contribution in [1.82, 2.24) is 4.98 Å². The molecule has 1 aromatic carbocycles. The fourth-order valence-corrected chi connectivity index (χ4v) is 2.21. The van der Waals surface area contributed by atoms with E-state index in [4.69, 9.17) is 0 Å². The smallest absolute Gasteiger partial charge is 0.133 e. The number of hydrogen-bond acceptors (Lipinski definition) is 3. The van der Waals surface area contributed by atoms with Crippen molar-refractivity contribution in [3.8, 4) is 0 Å². The standard InChI is InChI=1S/C14H16BrN3/c1-10-8-11(15)9-16-14(10)17-12-6-4-5-7-13(12)18(2)3/h4-9H,1-3H3,(H,16,17). The van der Waals surface area contributed by atoms with Crippen LogP contribution in [0.25, 0.3) is 0 Å². The molecule has 94 valence electrons. The van der Waals surface area contributed by atoms with E-state index in [0.29, 0.717) is 0 Å². The third kappa shape index (κ3) is 2.82. The summed E-state index contributed by atoms with van der Waals surface area (Å²) in [5, 5.41) is 3.38. The van der Waals surface area contributed by atoms with Crippen LogP contribution in [-0.2, 0) is 0 Å². The van der Waals surface area contributed by atoms with Gasteiger partial charge in [-0.25, -0.2) is 4.98 Å². The number of nitrogens with zero attached hydrogens (tertiary/aromatic N) is 2. The van der Waals surface area contributed by atoms with E-state index in [-0.39, 0.29) is 0 Å². The summed E-state index contributed by atoms with van der Waals surface area (Å²) < 4.78 is 0.992. The molecular weight excluding hydrogens is 290 g/mol.